The quantitative estimate of drug-likeness (QED) is 0.0169. The lowest BCUT2D eigenvalue weighted by molar-refractivity contribution is -0.161. The molecule has 19 heteroatoms. The van der Waals surface area contributed by atoms with E-state index in [1.165, 1.54) is 135 Å². The van der Waals surface area contributed by atoms with Crippen LogP contribution in [0.3, 0.4) is 0 Å². The van der Waals surface area contributed by atoms with Crippen molar-refractivity contribution in [3.05, 3.63) is 24.3 Å². The van der Waals surface area contributed by atoms with Crippen LogP contribution in [0.1, 0.15) is 337 Å². The van der Waals surface area contributed by atoms with E-state index in [-0.39, 0.29) is 25.7 Å². The number of carbonyl (C=O) groups excluding carboxylic acids is 4. The van der Waals surface area contributed by atoms with Crippen molar-refractivity contribution in [1.82, 2.24) is 0 Å². The number of esters is 4. The van der Waals surface area contributed by atoms with Crippen molar-refractivity contribution in [2.24, 2.45) is 11.8 Å². The molecule has 0 saturated heterocycles. The Kier molecular flexibility index (Phi) is 60.9. The maximum Gasteiger partial charge on any atom is 0.472 e. The number of ether oxygens (including phenoxy) is 4. The minimum absolute atomic E-state index is 0.0997. The molecule has 0 aromatic carbocycles. The number of carbonyl (C=O) groups is 4. The number of phosphoric ester groups is 2. The van der Waals surface area contributed by atoms with Gasteiger partial charge in [-0.3, -0.25) is 37.3 Å². The lowest BCUT2D eigenvalue weighted by atomic mass is 10.0. The highest BCUT2D eigenvalue weighted by atomic mass is 31.2. The largest absolute Gasteiger partial charge is 0.472 e. The van der Waals surface area contributed by atoms with E-state index in [4.69, 9.17) is 37.0 Å². The van der Waals surface area contributed by atoms with E-state index in [2.05, 4.69) is 65.8 Å². The van der Waals surface area contributed by atoms with Gasteiger partial charge < -0.3 is 33.8 Å². The summed E-state index contributed by atoms with van der Waals surface area (Å²) < 4.78 is 68.2. The highest BCUT2D eigenvalue weighted by Gasteiger charge is 2.30. The summed E-state index contributed by atoms with van der Waals surface area (Å²) in [6, 6.07) is 0. The molecule has 5 atom stereocenters. The first-order valence-electron chi connectivity index (χ1n) is 36.3. The Morgan fingerprint density at radius 2 is 0.600 bits per heavy atom. The summed E-state index contributed by atoms with van der Waals surface area (Å²) in [6.07, 6.45) is 51.0. The number of aliphatic hydroxyl groups is 1. The SMILES string of the molecule is CCCCCC/C=C\C=C/CCCCCCCC(=O)OC[C@H](COP(=O)(O)OC[C@@H](O)COP(=O)(O)OC[C@@H](COC(=O)CCCCCCCCCCC)OC(=O)CCCCCCCCC(C)C)OC(=O)CCCCCCCCCCCCCCCCC(C)C. The van der Waals surface area contributed by atoms with Crippen molar-refractivity contribution in [2.45, 2.75) is 355 Å². The summed E-state index contributed by atoms with van der Waals surface area (Å²) in [4.78, 5) is 72.4. The topological polar surface area (TPSA) is 237 Å². The average Bonchev–Trinajstić information content (AvgIpc) is 3.67. The molecule has 17 nitrogen and oxygen atoms in total. The highest BCUT2D eigenvalue weighted by Crippen LogP contribution is 2.45. The lowest BCUT2D eigenvalue weighted by Crippen LogP contribution is -2.30. The third-order valence-electron chi connectivity index (χ3n) is 15.8. The van der Waals surface area contributed by atoms with Gasteiger partial charge in [0.05, 0.1) is 26.4 Å². The number of hydrogen-bond donors (Lipinski definition) is 3. The maximum absolute atomic E-state index is 13.0. The Morgan fingerprint density at radius 1 is 0.344 bits per heavy atom. The third kappa shape index (κ3) is 64.3. The Hall–Kier alpha value is -2.46. The predicted molar refractivity (Wildman–Crippen MR) is 363 cm³/mol. The van der Waals surface area contributed by atoms with Crippen LogP contribution in [-0.2, 0) is 65.4 Å². The predicted octanol–water partition coefficient (Wildman–Crippen LogP) is 19.9. The van der Waals surface area contributed by atoms with Gasteiger partial charge in [-0.1, -0.05) is 284 Å². The highest BCUT2D eigenvalue weighted by molar-refractivity contribution is 7.47. The van der Waals surface area contributed by atoms with E-state index < -0.39 is 97.5 Å². The molecule has 90 heavy (non-hydrogen) atoms. The molecule has 3 N–H and O–H groups in total. The van der Waals surface area contributed by atoms with Crippen LogP contribution in [0.4, 0.5) is 0 Å². The van der Waals surface area contributed by atoms with Crippen LogP contribution in [0.25, 0.3) is 0 Å². The van der Waals surface area contributed by atoms with Gasteiger partial charge >= 0.3 is 39.5 Å². The van der Waals surface area contributed by atoms with Gasteiger partial charge in [0.25, 0.3) is 0 Å². The van der Waals surface area contributed by atoms with Crippen molar-refractivity contribution >= 4 is 39.5 Å². The first kappa shape index (κ1) is 87.5. The molecule has 0 aromatic heterocycles. The molecule has 0 aromatic rings. The molecule has 530 valence electrons. The molecule has 0 aliphatic heterocycles. The molecular weight excluding hydrogens is 1190 g/mol. The van der Waals surface area contributed by atoms with Gasteiger partial charge in [-0.2, -0.15) is 0 Å². The Morgan fingerprint density at radius 3 is 0.911 bits per heavy atom. The molecule has 0 aliphatic rings. The second-order valence-electron chi connectivity index (χ2n) is 25.9. The Bertz CT molecular complexity index is 1850. The number of rotatable bonds is 68. The van der Waals surface area contributed by atoms with Crippen molar-refractivity contribution in [3.63, 3.8) is 0 Å². The summed E-state index contributed by atoms with van der Waals surface area (Å²) in [5.41, 5.74) is 0. The Balaban J connectivity index is 5.25. The molecule has 0 fully saturated rings. The van der Waals surface area contributed by atoms with Crippen LogP contribution in [-0.4, -0.2) is 96.7 Å². The van der Waals surface area contributed by atoms with Crippen LogP contribution in [0, 0.1) is 11.8 Å². The molecule has 0 saturated carbocycles. The summed E-state index contributed by atoms with van der Waals surface area (Å²) in [7, 11) is -9.91. The van der Waals surface area contributed by atoms with Crippen LogP contribution in [0.5, 0.6) is 0 Å². The standard InChI is InChI=1S/C71H134O17P2/c1-7-9-11-13-15-17-18-19-20-24-27-31-35-42-48-54-69(74)82-59-66(87-70(75)55-49-43-36-32-28-25-22-21-23-26-30-33-39-45-51-63(3)4)61-85-89(77,78)83-57-65(72)58-84-90(79,80)86-62-67(88-71(76)56-50-44-38-37-40-46-52-64(5)6)60-81-68(73)53-47-41-34-29-16-14-12-10-8-2/h17-20,63-67,72H,7-16,21-62H2,1-6H3,(H,77,78)(H,79,80)/b18-17-,20-19-/t65-,66-,67-/m1/s1. The van der Waals surface area contributed by atoms with Gasteiger partial charge in [-0.25, -0.2) is 9.13 Å². The van der Waals surface area contributed by atoms with Gasteiger partial charge in [-0.05, 0) is 63.2 Å². The fourth-order valence-electron chi connectivity index (χ4n) is 10.2. The minimum Gasteiger partial charge on any atom is -0.462 e. The Labute approximate surface area is 548 Å². The summed E-state index contributed by atoms with van der Waals surface area (Å²) in [6.45, 7) is 9.40. The zero-order valence-electron chi connectivity index (χ0n) is 57.9. The van der Waals surface area contributed by atoms with E-state index in [1.54, 1.807) is 0 Å². The maximum atomic E-state index is 13.0. The summed E-state index contributed by atoms with van der Waals surface area (Å²) in [5, 5.41) is 10.6. The van der Waals surface area contributed by atoms with E-state index >= 15 is 0 Å². The van der Waals surface area contributed by atoms with Gasteiger partial charge in [0, 0.05) is 25.7 Å². The van der Waals surface area contributed by atoms with Crippen molar-refractivity contribution in [1.29, 1.82) is 0 Å². The van der Waals surface area contributed by atoms with Crippen molar-refractivity contribution in [2.75, 3.05) is 39.6 Å². The van der Waals surface area contributed by atoms with E-state index in [0.29, 0.717) is 31.6 Å². The third-order valence-corrected chi connectivity index (χ3v) is 17.7. The van der Waals surface area contributed by atoms with Crippen LogP contribution in [0.15, 0.2) is 24.3 Å². The summed E-state index contributed by atoms with van der Waals surface area (Å²) in [5.74, 6) is -0.698. The van der Waals surface area contributed by atoms with Gasteiger partial charge in [0.2, 0.25) is 0 Å². The normalized spacial score (nSPS) is 14.3. The average molecular weight is 1320 g/mol. The van der Waals surface area contributed by atoms with E-state index in [9.17, 15) is 43.2 Å². The first-order valence-corrected chi connectivity index (χ1v) is 39.3. The minimum atomic E-state index is -4.96. The molecule has 0 heterocycles. The van der Waals surface area contributed by atoms with Crippen molar-refractivity contribution in [3.8, 4) is 0 Å². The van der Waals surface area contributed by atoms with Gasteiger partial charge in [-0.15, -0.1) is 0 Å². The fourth-order valence-corrected chi connectivity index (χ4v) is 11.8. The molecule has 0 radical (unpaired) electrons. The molecule has 2 unspecified atom stereocenters. The molecular formula is C71H134O17P2. The fraction of sp³-hybridized carbons (Fsp3) is 0.887. The zero-order valence-corrected chi connectivity index (χ0v) is 59.7. The summed E-state index contributed by atoms with van der Waals surface area (Å²) >= 11 is 0. The zero-order chi connectivity index (χ0) is 66.5. The number of aliphatic hydroxyl groups excluding tert-OH is 1. The second-order valence-corrected chi connectivity index (χ2v) is 28.8. The van der Waals surface area contributed by atoms with Crippen LogP contribution >= 0.6 is 15.6 Å². The van der Waals surface area contributed by atoms with Crippen molar-refractivity contribution < 1.29 is 80.2 Å². The number of phosphoric acid groups is 2. The lowest BCUT2D eigenvalue weighted by Gasteiger charge is -2.21. The first-order chi connectivity index (χ1) is 43.4. The number of hydrogen-bond acceptors (Lipinski definition) is 15. The molecule has 0 bridgehead atoms. The smallest absolute Gasteiger partial charge is 0.462 e. The van der Waals surface area contributed by atoms with Crippen LogP contribution in [0.2, 0.25) is 0 Å². The monoisotopic (exact) mass is 1320 g/mol. The van der Waals surface area contributed by atoms with E-state index in [1.807, 2.05) is 0 Å². The van der Waals surface area contributed by atoms with Gasteiger partial charge in [0.1, 0.15) is 19.3 Å². The van der Waals surface area contributed by atoms with E-state index in [0.717, 1.165) is 115 Å². The number of unbranched alkanes of at least 4 members (excludes halogenated alkanes) is 35. The molecule has 0 rings (SSSR count). The molecule has 0 aliphatic carbocycles. The van der Waals surface area contributed by atoms with Crippen LogP contribution < -0.4 is 0 Å². The number of allylic oxidation sites excluding steroid dienone is 4. The molecule has 0 amide bonds. The molecule has 0 spiro atoms. The second kappa shape index (κ2) is 62.6. The van der Waals surface area contributed by atoms with Gasteiger partial charge in [0.15, 0.2) is 12.2 Å².